The van der Waals surface area contributed by atoms with Crippen LogP contribution in [0.15, 0.2) is 61.1 Å². The van der Waals surface area contributed by atoms with E-state index < -0.39 is 0 Å². The van der Waals surface area contributed by atoms with Gasteiger partial charge in [0.1, 0.15) is 5.15 Å². The lowest BCUT2D eigenvalue weighted by Gasteiger charge is -2.25. The third-order valence-electron chi connectivity index (χ3n) is 5.37. The minimum atomic E-state index is -0.0350. The number of hydrogen-bond acceptors (Lipinski definition) is 1. The van der Waals surface area contributed by atoms with Crippen LogP contribution in [0, 0.1) is 0 Å². The number of rotatable bonds is 4. The Balaban J connectivity index is 1.78. The van der Waals surface area contributed by atoms with Gasteiger partial charge in [-0.25, -0.2) is 4.98 Å². The normalized spacial score (nSPS) is 16.5. The van der Waals surface area contributed by atoms with E-state index in [2.05, 4.69) is 35.3 Å². The quantitative estimate of drug-likeness (QED) is 0.479. The van der Waals surface area contributed by atoms with Crippen LogP contribution in [0.3, 0.4) is 0 Å². The summed E-state index contributed by atoms with van der Waals surface area (Å²) in [6.45, 7) is 0. The molecule has 1 unspecified atom stereocenters. The number of hydrogen-bond donors (Lipinski definition) is 0. The standard InChI is InChI=1S/C22H22Cl2N2/c23-20-12-5-4-11-19(20)22(26-14-21(24)25-15-26)18-10-6-9-17(13-18)16-7-2-1-3-8-16/h4-6,9-16,22H,1-3,7-8H2. The molecule has 1 aliphatic rings. The Morgan fingerprint density at radius 1 is 0.962 bits per heavy atom. The number of halogens is 2. The molecule has 4 heteroatoms. The fourth-order valence-corrected chi connectivity index (χ4v) is 4.48. The van der Waals surface area contributed by atoms with Crippen LogP contribution in [0.4, 0.5) is 0 Å². The highest BCUT2D eigenvalue weighted by Gasteiger charge is 2.21. The zero-order valence-corrected chi connectivity index (χ0v) is 16.1. The van der Waals surface area contributed by atoms with Crippen LogP contribution in [0.25, 0.3) is 0 Å². The zero-order chi connectivity index (χ0) is 17.9. The fraction of sp³-hybridized carbons (Fsp3) is 0.318. The van der Waals surface area contributed by atoms with Crippen molar-refractivity contribution < 1.29 is 0 Å². The van der Waals surface area contributed by atoms with Crippen molar-refractivity contribution in [3.05, 3.63) is 87.9 Å². The Bertz CT molecular complexity index is 881. The lowest BCUT2D eigenvalue weighted by atomic mass is 9.83. The molecule has 1 aliphatic carbocycles. The monoisotopic (exact) mass is 384 g/mol. The summed E-state index contributed by atoms with van der Waals surface area (Å²) in [5.74, 6) is 0.668. The maximum absolute atomic E-state index is 6.55. The van der Waals surface area contributed by atoms with Crippen molar-refractivity contribution >= 4 is 23.2 Å². The fourth-order valence-electron chi connectivity index (χ4n) is 4.08. The van der Waals surface area contributed by atoms with Crippen LogP contribution in [0.5, 0.6) is 0 Å². The van der Waals surface area contributed by atoms with E-state index in [4.69, 9.17) is 23.2 Å². The van der Waals surface area contributed by atoms with E-state index >= 15 is 0 Å². The first kappa shape index (κ1) is 17.6. The third-order valence-corrected chi connectivity index (χ3v) is 5.91. The molecule has 2 nitrogen and oxygen atoms in total. The minimum absolute atomic E-state index is 0.0350. The average Bonchev–Trinajstić information content (AvgIpc) is 3.10. The molecule has 0 amide bonds. The Morgan fingerprint density at radius 2 is 1.77 bits per heavy atom. The molecule has 134 valence electrons. The first-order chi connectivity index (χ1) is 12.7. The van der Waals surface area contributed by atoms with Gasteiger partial charge >= 0.3 is 0 Å². The zero-order valence-electron chi connectivity index (χ0n) is 14.6. The van der Waals surface area contributed by atoms with Gasteiger partial charge < -0.3 is 4.57 Å². The van der Waals surface area contributed by atoms with Gasteiger partial charge in [-0.1, -0.05) is 84.9 Å². The van der Waals surface area contributed by atoms with Crippen LogP contribution in [-0.4, -0.2) is 9.55 Å². The molecule has 2 aromatic carbocycles. The van der Waals surface area contributed by atoms with Crippen molar-refractivity contribution in [2.75, 3.05) is 0 Å². The smallest absolute Gasteiger partial charge is 0.147 e. The number of imidazole rings is 1. The van der Waals surface area contributed by atoms with Crippen molar-refractivity contribution in [1.82, 2.24) is 9.55 Å². The second kappa shape index (κ2) is 7.85. The summed E-state index contributed by atoms with van der Waals surface area (Å²) >= 11 is 12.7. The van der Waals surface area contributed by atoms with Gasteiger partial charge in [-0.15, -0.1) is 0 Å². The molecule has 1 atom stereocenters. The molecular formula is C22H22Cl2N2. The summed E-state index contributed by atoms with van der Waals surface area (Å²) in [6.07, 6.45) is 10.3. The molecular weight excluding hydrogens is 363 g/mol. The summed E-state index contributed by atoms with van der Waals surface area (Å²) in [6, 6.07) is 16.9. The molecule has 0 aliphatic heterocycles. The molecule has 0 saturated heterocycles. The first-order valence-corrected chi connectivity index (χ1v) is 10.0. The van der Waals surface area contributed by atoms with Gasteiger partial charge in [0.25, 0.3) is 0 Å². The van der Waals surface area contributed by atoms with Crippen LogP contribution in [0.2, 0.25) is 10.2 Å². The Kier molecular flexibility index (Phi) is 5.33. The Morgan fingerprint density at radius 3 is 2.50 bits per heavy atom. The summed E-state index contributed by atoms with van der Waals surface area (Å²) in [4.78, 5) is 4.22. The molecule has 1 saturated carbocycles. The van der Waals surface area contributed by atoms with Gasteiger partial charge in [0.15, 0.2) is 0 Å². The third kappa shape index (κ3) is 3.67. The van der Waals surface area contributed by atoms with Gasteiger partial charge in [-0.3, -0.25) is 0 Å². The van der Waals surface area contributed by atoms with Gasteiger partial charge in [0.05, 0.1) is 12.4 Å². The summed E-state index contributed by atoms with van der Waals surface area (Å²) < 4.78 is 2.05. The molecule has 3 aromatic rings. The largest absolute Gasteiger partial charge is 0.324 e. The second-order valence-corrected chi connectivity index (χ2v) is 7.87. The molecule has 0 radical (unpaired) electrons. The molecule has 26 heavy (non-hydrogen) atoms. The number of nitrogens with zero attached hydrogens (tertiary/aromatic N) is 2. The van der Waals surface area contributed by atoms with Crippen LogP contribution >= 0.6 is 23.2 Å². The lowest BCUT2D eigenvalue weighted by Crippen LogP contribution is -2.12. The van der Waals surface area contributed by atoms with Gasteiger partial charge in [-0.2, -0.15) is 0 Å². The summed E-state index contributed by atoms with van der Waals surface area (Å²) in [5, 5.41) is 1.25. The van der Waals surface area contributed by atoms with E-state index in [0.717, 1.165) is 10.6 Å². The second-order valence-electron chi connectivity index (χ2n) is 7.07. The highest BCUT2D eigenvalue weighted by atomic mass is 35.5. The molecule has 4 rings (SSSR count). The molecule has 0 bridgehead atoms. The van der Waals surface area contributed by atoms with Crippen molar-refractivity contribution in [1.29, 1.82) is 0 Å². The predicted molar refractivity (Wildman–Crippen MR) is 108 cm³/mol. The molecule has 1 fully saturated rings. The van der Waals surface area contributed by atoms with Crippen LogP contribution in [-0.2, 0) is 0 Å². The van der Waals surface area contributed by atoms with E-state index in [1.165, 1.54) is 43.2 Å². The van der Waals surface area contributed by atoms with Crippen LogP contribution in [0.1, 0.15) is 60.8 Å². The average molecular weight is 385 g/mol. The van der Waals surface area contributed by atoms with Crippen molar-refractivity contribution in [3.63, 3.8) is 0 Å². The van der Waals surface area contributed by atoms with E-state index in [9.17, 15) is 0 Å². The maximum atomic E-state index is 6.55. The number of aromatic nitrogens is 2. The van der Waals surface area contributed by atoms with Crippen molar-refractivity contribution in [2.45, 2.75) is 44.1 Å². The summed E-state index contributed by atoms with van der Waals surface area (Å²) in [5.41, 5.74) is 3.71. The molecule has 0 N–H and O–H groups in total. The highest BCUT2D eigenvalue weighted by Crippen LogP contribution is 2.36. The summed E-state index contributed by atoms with van der Waals surface area (Å²) in [7, 11) is 0. The van der Waals surface area contributed by atoms with E-state index in [1.54, 1.807) is 6.33 Å². The van der Waals surface area contributed by atoms with E-state index in [1.807, 2.05) is 29.0 Å². The molecule has 1 heterocycles. The topological polar surface area (TPSA) is 17.8 Å². The Labute approximate surface area is 164 Å². The maximum Gasteiger partial charge on any atom is 0.147 e. The highest BCUT2D eigenvalue weighted by molar-refractivity contribution is 6.31. The lowest BCUT2D eigenvalue weighted by molar-refractivity contribution is 0.443. The van der Waals surface area contributed by atoms with Crippen LogP contribution < -0.4 is 0 Å². The molecule has 1 aromatic heterocycles. The van der Waals surface area contributed by atoms with Gasteiger partial charge in [0.2, 0.25) is 0 Å². The van der Waals surface area contributed by atoms with Gasteiger partial charge in [-0.05, 0) is 41.5 Å². The molecule has 0 spiro atoms. The predicted octanol–water partition coefficient (Wildman–Crippen LogP) is 6.88. The van der Waals surface area contributed by atoms with Gasteiger partial charge in [0, 0.05) is 11.2 Å². The SMILES string of the molecule is Clc1cn(C(c2cccc(C3CCCCC3)c2)c2ccccc2Cl)cn1. The first-order valence-electron chi connectivity index (χ1n) is 9.25. The van der Waals surface area contributed by atoms with E-state index in [-0.39, 0.29) is 6.04 Å². The van der Waals surface area contributed by atoms with E-state index in [0.29, 0.717) is 11.1 Å². The Hall–Kier alpha value is -1.77. The van der Waals surface area contributed by atoms with Crippen molar-refractivity contribution in [3.8, 4) is 0 Å². The minimum Gasteiger partial charge on any atom is -0.324 e. The van der Waals surface area contributed by atoms with Crippen molar-refractivity contribution in [2.24, 2.45) is 0 Å². The number of benzene rings is 2.